The van der Waals surface area contributed by atoms with E-state index in [4.69, 9.17) is 4.74 Å². The molecule has 0 aliphatic carbocycles. The molecule has 114 valence electrons. The number of rotatable bonds is 3. The van der Waals surface area contributed by atoms with E-state index in [1.807, 2.05) is 30.1 Å². The van der Waals surface area contributed by atoms with Crippen molar-refractivity contribution < 1.29 is 4.74 Å². The van der Waals surface area contributed by atoms with Gasteiger partial charge in [0, 0.05) is 44.5 Å². The molecule has 7 heteroatoms. The van der Waals surface area contributed by atoms with Crippen molar-refractivity contribution >= 4 is 11.0 Å². The zero-order valence-corrected chi connectivity index (χ0v) is 12.4. The van der Waals surface area contributed by atoms with Gasteiger partial charge < -0.3 is 9.30 Å². The lowest BCUT2D eigenvalue weighted by atomic mass is 10.1. The number of pyridine rings is 1. The first-order valence-electron chi connectivity index (χ1n) is 7.39. The first-order valence-corrected chi connectivity index (χ1v) is 7.39. The summed E-state index contributed by atoms with van der Waals surface area (Å²) in [6, 6.07) is 3.96. The van der Waals surface area contributed by atoms with Gasteiger partial charge in [-0.15, -0.1) is 0 Å². The highest BCUT2D eigenvalue weighted by atomic mass is 16.5. The van der Waals surface area contributed by atoms with Gasteiger partial charge in [0.25, 0.3) is 0 Å². The van der Waals surface area contributed by atoms with E-state index in [-0.39, 0.29) is 6.10 Å². The Kier molecular flexibility index (Phi) is 3.36. The van der Waals surface area contributed by atoms with Crippen LogP contribution >= 0.6 is 0 Å². The number of aryl methyl sites for hydroxylation is 1. The molecule has 22 heavy (non-hydrogen) atoms. The SMILES string of the molecule is Cn1cnc(CN2CCOC(c3[nH]nc4ncccc34)C2)c1. The zero-order chi connectivity index (χ0) is 14.9. The van der Waals surface area contributed by atoms with Crippen LogP contribution in [-0.4, -0.2) is 49.3 Å². The van der Waals surface area contributed by atoms with Gasteiger partial charge in [-0.05, 0) is 12.1 Å². The van der Waals surface area contributed by atoms with E-state index in [0.717, 1.165) is 42.1 Å². The summed E-state index contributed by atoms with van der Waals surface area (Å²) in [7, 11) is 1.99. The minimum absolute atomic E-state index is 0.00772. The Bertz CT molecular complexity index is 779. The molecule has 1 N–H and O–H groups in total. The Balaban J connectivity index is 1.53. The molecule has 0 bridgehead atoms. The quantitative estimate of drug-likeness (QED) is 0.788. The van der Waals surface area contributed by atoms with E-state index in [1.165, 1.54) is 0 Å². The average Bonchev–Trinajstić information content (AvgIpc) is 3.14. The fraction of sp³-hybridized carbons (Fsp3) is 0.400. The van der Waals surface area contributed by atoms with Gasteiger partial charge in [-0.2, -0.15) is 5.10 Å². The van der Waals surface area contributed by atoms with Crippen LogP contribution in [0, 0.1) is 0 Å². The lowest BCUT2D eigenvalue weighted by Gasteiger charge is -2.32. The van der Waals surface area contributed by atoms with Crippen LogP contribution in [0.5, 0.6) is 0 Å². The van der Waals surface area contributed by atoms with E-state index in [2.05, 4.69) is 31.3 Å². The zero-order valence-electron chi connectivity index (χ0n) is 12.4. The molecule has 7 nitrogen and oxygen atoms in total. The van der Waals surface area contributed by atoms with Gasteiger partial charge in [0.2, 0.25) is 0 Å². The summed E-state index contributed by atoms with van der Waals surface area (Å²) in [5.41, 5.74) is 2.83. The third-order valence-corrected chi connectivity index (χ3v) is 3.98. The Hall–Kier alpha value is -2.25. The lowest BCUT2D eigenvalue weighted by molar-refractivity contribution is -0.0346. The number of morpholine rings is 1. The summed E-state index contributed by atoms with van der Waals surface area (Å²) in [6.07, 6.45) is 5.63. The van der Waals surface area contributed by atoms with E-state index in [0.29, 0.717) is 6.61 Å². The molecule has 3 aromatic rings. The Morgan fingerprint density at radius 2 is 2.36 bits per heavy atom. The highest BCUT2D eigenvalue weighted by molar-refractivity contribution is 5.77. The summed E-state index contributed by atoms with van der Waals surface area (Å²) in [5.74, 6) is 0. The van der Waals surface area contributed by atoms with Crippen molar-refractivity contribution in [1.82, 2.24) is 29.6 Å². The second-order valence-electron chi connectivity index (χ2n) is 5.64. The smallest absolute Gasteiger partial charge is 0.181 e. The normalized spacial score (nSPS) is 19.8. The third kappa shape index (κ3) is 2.49. The molecule has 4 heterocycles. The van der Waals surface area contributed by atoms with Gasteiger partial charge in [-0.3, -0.25) is 10.00 Å². The molecule has 0 aromatic carbocycles. The number of nitrogens with one attached hydrogen (secondary N) is 1. The van der Waals surface area contributed by atoms with Crippen molar-refractivity contribution in [2.75, 3.05) is 19.7 Å². The molecule has 1 aliphatic rings. The second kappa shape index (κ2) is 5.51. The van der Waals surface area contributed by atoms with E-state index in [9.17, 15) is 0 Å². The van der Waals surface area contributed by atoms with Gasteiger partial charge in [-0.25, -0.2) is 9.97 Å². The predicted octanol–water partition coefficient (Wildman–Crippen LogP) is 1.26. The number of hydrogen-bond donors (Lipinski definition) is 1. The number of fused-ring (bicyclic) bond motifs is 1. The highest BCUT2D eigenvalue weighted by Gasteiger charge is 2.25. The molecular formula is C15H18N6O. The van der Waals surface area contributed by atoms with Crippen LogP contribution in [-0.2, 0) is 18.3 Å². The van der Waals surface area contributed by atoms with Crippen molar-refractivity contribution in [1.29, 1.82) is 0 Å². The highest BCUT2D eigenvalue weighted by Crippen LogP contribution is 2.26. The van der Waals surface area contributed by atoms with Crippen LogP contribution in [0.3, 0.4) is 0 Å². The molecule has 0 spiro atoms. The molecule has 0 radical (unpaired) electrons. The standard InChI is InChI=1S/C15H18N6O/c1-20-7-11(17-10-20)8-21-5-6-22-13(9-21)14-12-3-2-4-16-15(12)19-18-14/h2-4,7,10,13H,5-6,8-9H2,1H3,(H,16,18,19). The van der Waals surface area contributed by atoms with Crippen LogP contribution in [0.2, 0.25) is 0 Å². The first-order chi connectivity index (χ1) is 10.8. The van der Waals surface area contributed by atoms with Crippen molar-refractivity contribution in [3.8, 4) is 0 Å². The maximum absolute atomic E-state index is 5.94. The molecule has 4 rings (SSSR count). The molecule has 1 atom stereocenters. The molecule has 0 amide bonds. The molecular weight excluding hydrogens is 280 g/mol. The Morgan fingerprint density at radius 1 is 1.41 bits per heavy atom. The predicted molar refractivity (Wildman–Crippen MR) is 81.1 cm³/mol. The van der Waals surface area contributed by atoms with Gasteiger partial charge >= 0.3 is 0 Å². The van der Waals surface area contributed by atoms with Gasteiger partial charge in [-0.1, -0.05) is 0 Å². The molecule has 3 aromatic heterocycles. The van der Waals surface area contributed by atoms with E-state index in [1.54, 1.807) is 6.20 Å². The minimum atomic E-state index is -0.00772. The fourth-order valence-electron chi connectivity index (χ4n) is 2.91. The largest absolute Gasteiger partial charge is 0.369 e. The number of H-pyrrole nitrogens is 1. The van der Waals surface area contributed by atoms with Crippen molar-refractivity contribution in [2.24, 2.45) is 7.05 Å². The van der Waals surface area contributed by atoms with Crippen LogP contribution in [0.1, 0.15) is 17.5 Å². The van der Waals surface area contributed by atoms with Gasteiger partial charge in [0.15, 0.2) is 5.65 Å². The number of nitrogens with zero attached hydrogens (tertiary/aromatic N) is 5. The Morgan fingerprint density at radius 3 is 3.23 bits per heavy atom. The third-order valence-electron chi connectivity index (χ3n) is 3.98. The number of hydrogen-bond acceptors (Lipinski definition) is 5. The topological polar surface area (TPSA) is 71.9 Å². The Labute approximate surface area is 127 Å². The maximum atomic E-state index is 5.94. The summed E-state index contributed by atoms with van der Waals surface area (Å²) in [6.45, 7) is 3.28. The summed E-state index contributed by atoms with van der Waals surface area (Å²) >= 11 is 0. The first kappa shape index (κ1) is 13.4. The van der Waals surface area contributed by atoms with Crippen molar-refractivity contribution in [3.63, 3.8) is 0 Å². The van der Waals surface area contributed by atoms with Crippen LogP contribution in [0.15, 0.2) is 30.9 Å². The molecule has 1 aliphatic heterocycles. The number of imidazole rings is 1. The van der Waals surface area contributed by atoms with Gasteiger partial charge in [0.05, 0.1) is 24.3 Å². The van der Waals surface area contributed by atoms with Crippen LogP contribution in [0.25, 0.3) is 11.0 Å². The summed E-state index contributed by atoms with van der Waals surface area (Å²) in [5, 5.41) is 8.38. The monoisotopic (exact) mass is 298 g/mol. The van der Waals surface area contributed by atoms with Crippen molar-refractivity contribution in [2.45, 2.75) is 12.6 Å². The summed E-state index contributed by atoms with van der Waals surface area (Å²) < 4.78 is 7.91. The van der Waals surface area contributed by atoms with Crippen LogP contribution in [0.4, 0.5) is 0 Å². The molecule has 1 unspecified atom stereocenters. The number of aromatic nitrogens is 5. The minimum Gasteiger partial charge on any atom is -0.369 e. The molecule has 0 saturated carbocycles. The maximum Gasteiger partial charge on any atom is 0.181 e. The lowest BCUT2D eigenvalue weighted by Crippen LogP contribution is -2.38. The van der Waals surface area contributed by atoms with Gasteiger partial charge in [0.1, 0.15) is 6.10 Å². The van der Waals surface area contributed by atoms with E-state index >= 15 is 0 Å². The molecule has 1 fully saturated rings. The van der Waals surface area contributed by atoms with E-state index < -0.39 is 0 Å². The summed E-state index contributed by atoms with van der Waals surface area (Å²) in [4.78, 5) is 11.0. The fourth-order valence-corrected chi connectivity index (χ4v) is 2.91. The number of aromatic amines is 1. The van der Waals surface area contributed by atoms with Crippen molar-refractivity contribution in [3.05, 3.63) is 42.2 Å². The molecule has 1 saturated heterocycles. The average molecular weight is 298 g/mol. The van der Waals surface area contributed by atoms with Crippen LogP contribution < -0.4 is 0 Å². The second-order valence-corrected chi connectivity index (χ2v) is 5.64. The number of ether oxygens (including phenoxy) is 1.